The van der Waals surface area contributed by atoms with Gasteiger partial charge in [0, 0.05) is 16.8 Å². The summed E-state index contributed by atoms with van der Waals surface area (Å²) < 4.78 is 0. The number of anilines is 1. The quantitative estimate of drug-likeness (QED) is 0.673. The van der Waals surface area contributed by atoms with Crippen LogP contribution in [-0.4, -0.2) is 5.91 Å². The van der Waals surface area contributed by atoms with Gasteiger partial charge in [-0.2, -0.15) is 0 Å². The van der Waals surface area contributed by atoms with Crippen molar-refractivity contribution in [1.29, 1.82) is 0 Å². The monoisotopic (exact) mass is 330 g/mol. The highest BCUT2D eigenvalue weighted by Crippen LogP contribution is 2.37. The third-order valence-corrected chi connectivity index (χ3v) is 4.38. The van der Waals surface area contributed by atoms with Gasteiger partial charge in [0.15, 0.2) is 0 Å². The maximum atomic E-state index is 12.2. The summed E-state index contributed by atoms with van der Waals surface area (Å²) in [6.07, 6.45) is 0. The lowest BCUT2D eigenvalue weighted by molar-refractivity contribution is 0.100. The van der Waals surface area contributed by atoms with Crippen molar-refractivity contribution in [2.24, 2.45) is 5.73 Å². The second-order valence-electron chi connectivity index (χ2n) is 6.50. The molecule has 3 nitrogen and oxygen atoms in total. The summed E-state index contributed by atoms with van der Waals surface area (Å²) in [6, 6.07) is 21.6. The minimum Gasteiger partial charge on any atom is -0.399 e. The van der Waals surface area contributed by atoms with Crippen molar-refractivity contribution >= 4 is 11.6 Å². The number of nitrogen functional groups attached to an aromatic ring is 1. The molecule has 0 aliphatic carbocycles. The molecule has 1 amide bonds. The van der Waals surface area contributed by atoms with Gasteiger partial charge in [-0.25, -0.2) is 0 Å². The average Bonchev–Trinajstić information content (AvgIpc) is 2.62. The lowest BCUT2D eigenvalue weighted by Crippen LogP contribution is -2.14. The van der Waals surface area contributed by atoms with Crippen LogP contribution < -0.4 is 11.5 Å². The molecule has 4 N–H and O–H groups in total. The van der Waals surface area contributed by atoms with Crippen molar-refractivity contribution in [3.8, 4) is 22.3 Å². The second-order valence-corrected chi connectivity index (χ2v) is 6.50. The largest absolute Gasteiger partial charge is 0.399 e. The van der Waals surface area contributed by atoms with Crippen LogP contribution in [0.15, 0.2) is 66.7 Å². The number of carbonyl (C=O) groups is 1. The zero-order valence-electron chi connectivity index (χ0n) is 14.5. The van der Waals surface area contributed by atoms with Crippen LogP contribution in [0.4, 0.5) is 5.69 Å². The Balaban J connectivity index is 2.37. The number of benzene rings is 3. The van der Waals surface area contributed by atoms with Gasteiger partial charge in [-0.3, -0.25) is 4.79 Å². The number of amides is 1. The minimum absolute atomic E-state index is 0.287. The number of nitrogens with two attached hydrogens (primary N) is 2. The topological polar surface area (TPSA) is 69.1 Å². The van der Waals surface area contributed by atoms with E-state index in [1.807, 2.05) is 60.7 Å². The first-order valence-corrected chi connectivity index (χ1v) is 8.36. The molecule has 0 atom stereocenters. The smallest absolute Gasteiger partial charge is 0.249 e. The number of carbonyl (C=O) groups excluding carboxylic acids is 1. The summed E-state index contributed by atoms with van der Waals surface area (Å²) in [4.78, 5) is 12.2. The van der Waals surface area contributed by atoms with Gasteiger partial charge in [-0.15, -0.1) is 0 Å². The second kappa shape index (κ2) is 6.81. The van der Waals surface area contributed by atoms with E-state index in [2.05, 4.69) is 19.9 Å². The fourth-order valence-corrected chi connectivity index (χ4v) is 3.00. The molecule has 0 aliphatic rings. The van der Waals surface area contributed by atoms with Crippen LogP contribution in [0.5, 0.6) is 0 Å². The van der Waals surface area contributed by atoms with Crippen LogP contribution in [0, 0.1) is 0 Å². The summed E-state index contributed by atoms with van der Waals surface area (Å²) in [6.45, 7) is 4.21. The third kappa shape index (κ3) is 3.41. The molecule has 0 saturated carbocycles. The highest BCUT2D eigenvalue weighted by molar-refractivity contribution is 6.04. The van der Waals surface area contributed by atoms with E-state index in [1.54, 1.807) is 0 Å². The molecule has 0 fully saturated rings. The van der Waals surface area contributed by atoms with E-state index >= 15 is 0 Å². The van der Waals surface area contributed by atoms with Gasteiger partial charge in [0.05, 0.1) is 0 Å². The predicted octanol–water partition coefficient (Wildman–Crippen LogP) is 4.83. The van der Waals surface area contributed by atoms with Gasteiger partial charge < -0.3 is 11.5 Å². The molecule has 0 spiro atoms. The van der Waals surface area contributed by atoms with Gasteiger partial charge in [0.25, 0.3) is 0 Å². The van der Waals surface area contributed by atoms with E-state index < -0.39 is 5.91 Å². The van der Waals surface area contributed by atoms with Crippen molar-refractivity contribution in [1.82, 2.24) is 0 Å². The van der Waals surface area contributed by atoms with E-state index in [9.17, 15) is 4.79 Å². The zero-order valence-corrected chi connectivity index (χ0v) is 14.5. The molecule has 0 bridgehead atoms. The zero-order chi connectivity index (χ0) is 18.0. The number of primary amides is 1. The Labute approximate surface area is 148 Å². The lowest BCUT2D eigenvalue weighted by Gasteiger charge is -2.18. The maximum absolute atomic E-state index is 12.2. The predicted molar refractivity (Wildman–Crippen MR) is 104 cm³/mol. The Kier molecular flexibility index (Phi) is 4.57. The summed E-state index contributed by atoms with van der Waals surface area (Å²) >= 11 is 0. The molecule has 25 heavy (non-hydrogen) atoms. The van der Waals surface area contributed by atoms with Crippen LogP contribution in [-0.2, 0) is 0 Å². The first-order valence-electron chi connectivity index (χ1n) is 8.36. The summed E-state index contributed by atoms with van der Waals surface area (Å²) in [5.74, 6) is -0.131. The average molecular weight is 330 g/mol. The van der Waals surface area contributed by atoms with Crippen molar-refractivity contribution in [2.75, 3.05) is 5.73 Å². The molecule has 3 aromatic carbocycles. The number of hydrogen-bond acceptors (Lipinski definition) is 2. The van der Waals surface area contributed by atoms with Crippen molar-refractivity contribution < 1.29 is 4.79 Å². The van der Waals surface area contributed by atoms with Gasteiger partial charge in [-0.05, 0) is 46.4 Å². The normalized spacial score (nSPS) is 10.8. The standard InChI is InChI=1S/C22H22N2O/c1-14(2)17-12-19(15-8-10-18(23)11-9-15)21(20(13-17)22(24)25)16-6-4-3-5-7-16/h3-14H,23H2,1-2H3,(H2,24,25). The lowest BCUT2D eigenvalue weighted by atomic mass is 9.86. The molecule has 126 valence electrons. The van der Waals surface area contributed by atoms with E-state index in [-0.39, 0.29) is 5.92 Å². The van der Waals surface area contributed by atoms with Crippen LogP contribution in [0.3, 0.4) is 0 Å². The van der Waals surface area contributed by atoms with Crippen LogP contribution in [0.2, 0.25) is 0 Å². The Morgan fingerprint density at radius 2 is 1.52 bits per heavy atom. The molecular formula is C22H22N2O. The Bertz CT molecular complexity index is 897. The molecule has 3 rings (SSSR count). The number of rotatable bonds is 4. The molecular weight excluding hydrogens is 308 g/mol. The van der Waals surface area contributed by atoms with Crippen molar-refractivity contribution in [3.05, 3.63) is 77.9 Å². The fraction of sp³-hybridized carbons (Fsp3) is 0.136. The number of hydrogen-bond donors (Lipinski definition) is 2. The molecule has 0 heterocycles. The van der Waals surface area contributed by atoms with E-state index in [0.29, 0.717) is 11.3 Å². The SMILES string of the molecule is CC(C)c1cc(C(N)=O)c(-c2ccccc2)c(-c2ccc(N)cc2)c1. The third-order valence-electron chi connectivity index (χ3n) is 4.38. The molecule has 0 radical (unpaired) electrons. The Hall–Kier alpha value is -3.07. The molecule has 3 aromatic rings. The van der Waals surface area contributed by atoms with Gasteiger partial charge in [0.2, 0.25) is 5.91 Å². The summed E-state index contributed by atoms with van der Waals surface area (Å²) in [7, 11) is 0. The highest BCUT2D eigenvalue weighted by Gasteiger charge is 2.18. The minimum atomic E-state index is -0.418. The molecule has 0 aromatic heterocycles. The maximum Gasteiger partial charge on any atom is 0.249 e. The Morgan fingerprint density at radius 1 is 0.880 bits per heavy atom. The summed E-state index contributed by atoms with van der Waals surface area (Å²) in [5.41, 5.74) is 17.7. The van der Waals surface area contributed by atoms with Gasteiger partial charge in [-0.1, -0.05) is 62.4 Å². The van der Waals surface area contributed by atoms with Crippen LogP contribution >= 0.6 is 0 Å². The van der Waals surface area contributed by atoms with Crippen molar-refractivity contribution in [2.45, 2.75) is 19.8 Å². The van der Waals surface area contributed by atoms with Crippen LogP contribution in [0.1, 0.15) is 35.7 Å². The fourth-order valence-electron chi connectivity index (χ4n) is 3.00. The first kappa shape index (κ1) is 16.8. The molecule has 0 unspecified atom stereocenters. The van der Waals surface area contributed by atoms with E-state index in [0.717, 1.165) is 27.8 Å². The Morgan fingerprint density at radius 3 is 2.08 bits per heavy atom. The molecule has 0 aliphatic heterocycles. The van der Waals surface area contributed by atoms with Crippen LogP contribution in [0.25, 0.3) is 22.3 Å². The van der Waals surface area contributed by atoms with E-state index in [4.69, 9.17) is 11.5 Å². The highest BCUT2D eigenvalue weighted by atomic mass is 16.1. The van der Waals surface area contributed by atoms with Gasteiger partial charge >= 0.3 is 0 Å². The van der Waals surface area contributed by atoms with Gasteiger partial charge in [0.1, 0.15) is 0 Å². The molecule has 0 saturated heterocycles. The van der Waals surface area contributed by atoms with E-state index in [1.165, 1.54) is 0 Å². The first-order chi connectivity index (χ1) is 12.0. The van der Waals surface area contributed by atoms with Crippen molar-refractivity contribution in [3.63, 3.8) is 0 Å². The summed E-state index contributed by atoms with van der Waals surface area (Å²) in [5, 5.41) is 0. The molecule has 3 heteroatoms.